The minimum absolute atomic E-state index is 0.0715. The summed E-state index contributed by atoms with van der Waals surface area (Å²) in [5.41, 5.74) is 1.45. The molecule has 0 saturated carbocycles. The number of aryl methyl sites for hydroxylation is 1. The Morgan fingerprint density at radius 1 is 1.17 bits per heavy atom. The molecule has 158 valence electrons. The van der Waals surface area contributed by atoms with Crippen LogP contribution < -0.4 is 14.8 Å². The van der Waals surface area contributed by atoms with Crippen LogP contribution in [0.2, 0.25) is 0 Å². The zero-order valence-electron chi connectivity index (χ0n) is 17.0. The van der Waals surface area contributed by atoms with Gasteiger partial charge in [-0.1, -0.05) is 30.3 Å². The number of aromatic nitrogens is 4. The first kappa shape index (κ1) is 21.3. The maximum absolute atomic E-state index is 12.1. The second kappa shape index (κ2) is 10.4. The number of hydrogen-bond donors (Lipinski definition) is 2. The van der Waals surface area contributed by atoms with Crippen molar-refractivity contribution in [2.24, 2.45) is 0 Å². The molecule has 1 heterocycles. The van der Waals surface area contributed by atoms with Crippen LogP contribution in [0, 0.1) is 0 Å². The van der Waals surface area contributed by atoms with Crippen molar-refractivity contribution in [2.45, 2.75) is 25.5 Å². The number of rotatable bonds is 10. The number of amides is 1. The van der Waals surface area contributed by atoms with E-state index in [0.717, 1.165) is 5.56 Å². The summed E-state index contributed by atoms with van der Waals surface area (Å²) in [4.78, 5) is 13.6. The highest BCUT2D eigenvalue weighted by Gasteiger charge is 2.16. The lowest BCUT2D eigenvalue weighted by Crippen LogP contribution is -2.28. The van der Waals surface area contributed by atoms with E-state index in [1.807, 2.05) is 30.3 Å². The Morgan fingerprint density at radius 2 is 1.97 bits per heavy atom. The van der Waals surface area contributed by atoms with Crippen LogP contribution in [0.4, 0.5) is 0 Å². The number of nitrogens with zero attached hydrogens (tertiary/aromatic N) is 4. The van der Waals surface area contributed by atoms with Gasteiger partial charge in [-0.2, -0.15) is 4.80 Å². The molecule has 2 N–H and O–H groups in total. The normalized spacial score (nSPS) is 11.7. The number of tetrazole rings is 1. The Hall–Kier alpha value is -3.46. The van der Waals surface area contributed by atoms with E-state index in [9.17, 15) is 9.90 Å². The predicted molar refractivity (Wildman–Crippen MR) is 110 cm³/mol. The molecule has 3 aromatic rings. The molecule has 9 heteroatoms. The molecule has 0 fully saturated rings. The molecule has 1 amide bonds. The molecule has 0 saturated heterocycles. The quantitative estimate of drug-likeness (QED) is 0.525. The molecule has 3 rings (SSSR count). The van der Waals surface area contributed by atoms with Crippen molar-refractivity contribution in [3.63, 3.8) is 0 Å². The number of aliphatic hydroxyl groups is 1. The van der Waals surface area contributed by atoms with Gasteiger partial charge in [-0.3, -0.25) is 4.79 Å². The van der Waals surface area contributed by atoms with Crippen molar-refractivity contribution in [1.82, 2.24) is 25.5 Å². The van der Waals surface area contributed by atoms with Crippen molar-refractivity contribution < 1.29 is 19.4 Å². The third-order valence-electron chi connectivity index (χ3n) is 4.54. The van der Waals surface area contributed by atoms with Crippen molar-refractivity contribution in [2.75, 3.05) is 20.8 Å². The second-order valence-corrected chi connectivity index (χ2v) is 6.61. The van der Waals surface area contributed by atoms with E-state index in [-0.39, 0.29) is 18.9 Å². The largest absolute Gasteiger partial charge is 0.497 e. The number of hydrogen-bond acceptors (Lipinski definition) is 7. The summed E-state index contributed by atoms with van der Waals surface area (Å²) in [7, 11) is 3.07. The van der Waals surface area contributed by atoms with E-state index >= 15 is 0 Å². The van der Waals surface area contributed by atoms with Crippen LogP contribution in [0.15, 0.2) is 48.5 Å². The minimum atomic E-state index is -0.913. The number of ether oxygens (including phenoxy) is 2. The summed E-state index contributed by atoms with van der Waals surface area (Å²) in [6, 6.07) is 14.7. The molecule has 0 aliphatic rings. The van der Waals surface area contributed by atoms with Crippen LogP contribution in [-0.4, -0.2) is 52.0 Å². The second-order valence-electron chi connectivity index (χ2n) is 6.61. The zero-order chi connectivity index (χ0) is 21.3. The van der Waals surface area contributed by atoms with E-state index in [1.165, 1.54) is 11.9 Å². The molecule has 0 spiro atoms. The maximum Gasteiger partial charge on any atom is 0.220 e. The Kier molecular flexibility index (Phi) is 7.34. The van der Waals surface area contributed by atoms with Gasteiger partial charge in [0, 0.05) is 24.1 Å². The SMILES string of the molecule is COc1ccc(OC)c(C(O)CNC(=O)CCCn2nnc(-c3ccccc3)n2)c1. The van der Waals surface area contributed by atoms with Gasteiger partial charge in [0.1, 0.15) is 11.5 Å². The van der Waals surface area contributed by atoms with E-state index in [1.54, 1.807) is 25.3 Å². The molecule has 0 bridgehead atoms. The van der Waals surface area contributed by atoms with Gasteiger partial charge in [-0.25, -0.2) is 0 Å². The fourth-order valence-electron chi connectivity index (χ4n) is 2.93. The number of methoxy groups -OCH3 is 2. The lowest BCUT2D eigenvalue weighted by Gasteiger charge is -2.16. The van der Waals surface area contributed by atoms with Gasteiger partial charge in [0.05, 0.1) is 26.9 Å². The number of benzene rings is 2. The molecule has 1 aromatic heterocycles. The van der Waals surface area contributed by atoms with Crippen LogP contribution >= 0.6 is 0 Å². The third kappa shape index (κ3) is 5.54. The van der Waals surface area contributed by atoms with E-state index in [0.29, 0.717) is 35.9 Å². The Labute approximate surface area is 174 Å². The Balaban J connectivity index is 1.45. The summed E-state index contributed by atoms with van der Waals surface area (Å²) < 4.78 is 10.5. The Bertz CT molecular complexity index is 961. The maximum atomic E-state index is 12.1. The summed E-state index contributed by atoms with van der Waals surface area (Å²) in [6.45, 7) is 0.543. The molecule has 0 aliphatic carbocycles. The predicted octanol–water partition coefficient (Wildman–Crippen LogP) is 1.99. The van der Waals surface area contributed by atoms with Crippen molar-refractivity contribution >= 4 is 5.91 Å². The summed E-state index contributed by atoms with van der Waals surface area (Å²) in [5, 5.41) is 25.5. The summed E-state index contributed by atoms with van der Waals surface area (Å²) in [6.07, 6.45) is -0.0801. The standard InChI is InChI=1S/C21H25N5O4/c1-29-16-10-11-19(30-2)17(13-16)18(27)14-22-20(28)9-6-12-26-24-21(23-25-26)15-7-4-3-5-8-15/h3-5,7-8,10-11,13,18,27H,6,9,12,14H2,1-2H3,(H,22,28). The molecular formula is C21H25N5O4. The number of carbonyl (C=O) groups excluding carboxylic acids is 1. The minimum Gasteiger partial charge on any atom is -0.497 e. The van der Waals surface area contributed by atoms with Gasteiger partial charge < -0.3 is 19.9 Å². The van der Waals surface area contributed by atoms with Crippen LogP contribution in [0.3, 0.4) is 0 Å². The smallest absolute Gasteiger partial charge is 0.220 e. The monoisotopic (exact) mass is 411 g/mol. The molecule has 2 aromatic carbocycles. The Morgan fingerprint density at radius 3 is 2.70 bits per heavy atom. The van der Waals surface area contributed by atoms with Crippen LogP contribution in [0.25, 0.3) is 11.4 Å². The lowest BCUT2D eigenvalue weighted by atomic mass is 10.1. The average molecular weight is 411 g/mol. The highest BCUT2D eigenvalue weighted by molar-refractivity contribution is 5.75. The first-order chi connectivity index (χ1) is 14.6. The van der Waals surface area contributed by atoms with E-state index in [4.69, 9.17) is 9.47 Å². The molecule has 0 radical (unpaired) electrons. The van der Waals surface area contributed by atoms with Gasteiger partial charge in [0.15, 0.2) is 0 Å². The van der Waals surface area contributed by atoms with Crippen molar-refractivity contribution in [3.05, 3.63) is 54.1 Å². The van der Waals surface area contributed by atoms with E-state index < -0.39 is 6.10 Å². The molecule has 1 unspecified atom stereocenters. The first-order valence-electron chi connectivity index (χ1n) is 9.60. The number of aliphatic hydroxyl groups excluding tert-OH is 1. The molecule has 0 aliphatic heterocycles. The average Bonchev–Trinajstić information content (AvgIpc) is 3.26. The van der Waals surface area contributed by atoms with Gasteiger partial charge in [-0.05, 0) is 29.8 Å². The van der Waals surface area contributed by atoms with Crippen LogP contribution in [0.1, 0.15) is 24.5 Å². The van der Waals surface area contributed by atoms with Gasteiger partial charge in [-0.15, -0.1) is 10.2 Å². The zero-order valence-corrected chi connectivity index (χ0v) is 17.0. The molecule has 1 atom stereocenters. The third-order valence-corrected chi connectivity index (χ3v) is 4.54. The van der Waals surface area contributed by atoms with Gasteiger partial charge >= 0.3 is 0 Å². The van der Waals surface area contributed by atoms with Gasteiger partial charge in [0.25, 0.3) is 0 Å². The van der Waals surface area contributed by atoms with Crippen LogP contribution in [0.5, 0.6) is 11.5 Å². The fraction of sp³-hybridized carbons (Fsp3) is 0.333. The number of carbonyl (C=O) groups is 1. The van der Waals surface area contributed by atoms with E-state index in [2.05, 4.69) is 20.7 Å². The fourth-order valence-corrected chi connectivity index (χ4v) is 2.93. The summed E-state index contributed by atoms with van der Waals surface area (Å²) in [5.74, 6) is 1.52. The topological polar surface area (TPSA) is 111 Å². The van der Waals surface area contributed by atoms with Gasteiger partial charge in [0.2, 0.25) is 11.7 Å². The van der Waals surface area contributed by atoms with Crippen molar-refractivity contribution in [3.8, 4) is 22.9 Å². The molecule has 9 nitrogen and oxygen atoms in total. The van der Waals surface area contributed by atoms with Crippen molar-refractivity contribution in [1.29, 1.82) is 0 Å². The highest BCUT2D eigenvalue weighted by atomic mass is 16.5. The molecule has 30 heavy (non-hydrogen) atoms. The molecular weight excluding hydrogens is 386 g/mol. The highest BCUT2D eigenvalue weighted by Crippen LogP contribution is 2.29. The van der Waals surface area contributed by atoms with Crippen LogP contribution in [-0.2, 0) is 11.3 Å². The first-order valence-corrected chi connectivity index (χ1v) is 9.60. The lowest BCUT2D eigenvalue weighted by molar-refractivity contribution is -0.121. The number of nitrogens with one attached hydrogen (secondary N) is 1. The summed E-state index contributed by atoms with van der Waals surface area (Å²) >= 11 is 0.